The summed E-state index contributed by atoms with van der Waals surface area (Å²) in [5, 5.41) is 3.46. The lowest BCUT2D eigenvalue weighted by Crippen LogP contribution is -2.27. The molecular formula is C22H23N3O5S. The van der Waals surface area contributed by atoms with Crippen molar-refractivity contribution >= 4 is 46.8 Å². The van der Waals surface area contributed by atoms with Crippen LogP contribution in [0.3, 0.4) is 0 Å². The number of hydrogen-bond donors (Lipinski definition) is 1. The summed E-state index contributed by atoms with van der Waals surface area (Å²) in [6, 6.07) is 10.1. The fraction of sp³-hybridized carbons (Fsp3) is 0.273. The summed E-state index contributed by atoms with van der Waals surface area (Å²) in [7, 11) is 0. The summed E-state index contributed by atoms with van der Waals surface area (Å²) >= 11 is 1.34. The number of esters is 1. The zero-order valence-corrected chi connectivity index (χ0v) is 18.5. The summed E-state index contributed by atoms with van der Waals surface area (Å²) in [4.78, 5) is 28.4. The molecule has 31 heavy (non-hydrogen) atoms. The number of amides is 1. The predicted molar refractivity (Wildman–Crippen MR) is 121 cm³/mol. The van der Waals surface area contributed by atoms with Gasteiger partial charge in [-0.3, -0.25) is 4.79 Å². The van der Waals surface area contributed by atoms with Crippen LogP contribution < -0.4 is 10.1 Å². The zero-order chi connectivity index (χ0) is 22.4. The summed E-state index contributed by atoms with van der Waals surface area (Å²) in [5.74, 6) is -0.228. The van der Waals surface area contributed by atoms with Gasteiger partial charge < -0.3 is 19.2 Å². The largest absolute Gasteiger partial charge is 0.482 e. The van der Waals surface area contributed by atoms with Gasteiger partial charge in [-0.15, -0.1) is 0 Å². The molecule has 1 amide bonds. The Bertz CT molecular complexity index is 1100. The normalized spacial score (nSPS) is 11.6. The van der Waals surface area contributed by atoms with Crippen LogP contribution in [0.25, 0.3) is 11.1 Å². The van der Waals surface area contributed by atoms with Crippen LogP contribution in [0, 0.1) is 0 Å². The second-order valence-corrected chi connectivity index (χ2v) is 8.12. The maximum Gasteiger partial charge on any atom is 0.344 e. The van der Waals surface area contributed by atoms with Crippen LogP contribution >= 0.6 is 11.9 Å². The number of anilines is 1. The first-order valence-corrected chi connectivity index (χ1v) is 10.6. The third-order valence-electron chi connectivity index (χ3n) is 3.81. The van der Waals surface area contributed by atoms with Crippen LogP contribution in [0.15, 0.2) is 51.4 Å². The number of rotatable bonds is 7. The molecule has 0 spiro atoms. The highest BCUT2D eigenvalue weighted by atomic mass is 32.2. The molecule has 2 aromatic heterocycles. The first kappa shape index (κ1) is 22.4. The molecule has 3 rings (SSSR count). The minimum atomic E-state index is -0.565. The average molecular weight is 442 g/mol. The van der Waals surface area contributed by atoms with E-state index in [1.165, 1.54) is 11.9 Å². The fourth-order valence-electron chi connectivity index (χ4n) is 2.59. The Hall–Kier alpha value is -3.33. The summed E-state index contributed by atoms with van der Waals surface area (Å²) in [5.41, 5.74) is 1.18. The standard InChI is InChI=1S/C22H23N3O5S/c1-22(2,3)30-19(26)13-28-17-7-5-16(6-8-17)25-20(27)18-10-15-9-14(12-24-31-4)11-23-21(15)29-18/h5-12H,13H2,1-4H3,(H,25,27). The highest BCUT2D eigenvalue weighted by Gasteiger charge is 2.17. The van der Waals surface area contributed by atoms with Crippen LogP contribution in [-0.4, -0.2) is 41.5 Å². The van der Waals surface area contributed by atoms with Gasteiger partial charge in [-0.25, -0.2) is 14.2 Å². The lowest BCUT2D eigenvalue weighted by atomic mass is 10.2. The van der Waals surface area contributed by atoms with Crippen molar-refractivity contribution in [1.82, 2.24) is 4.98 Å². The second-order valence-electron chi connectivity index (χ2n) is 7.54. The third kappa shape index (κ3) is 6.58. The van der Waals surface area contributed by atoms with Gasteiger partial charge in [-0.05, 0) is 69.1 Å². The molecule has 0 fully saturated rings. The molecule has 2 heterocycles. The Balaban J connectivity index is 1.60. The summed E-state index contributed by atoms with van der Waals surface area (Å²) < 4.78 is 20.2. The van der Waals surface area contributed by atoms with Crippen LogP contribution in [-0.2, 0) is 9.53 Å². The Morgan fingerprint density at radius 2 is 1.97 bits per heavy atom. The van der Waals surface area contributed by atoms with Gasteiger partial charge in [0, 0.05) is 35.3 Å². The van der Waals surface area contributed by atoms with E-state index in [0.717, 1.165) is 5.56 Å². The van der Waals surface area contributed by atoms with Gasteiger partial charge in [0.15, 0.2) is 12.4 Å². The van der Waals surface area contributed by atoms with Crippen molar-refractivity contribution in [3.63, 3.8) is 0 Å². The number of aromatic nitrogens is 1. The Labute approximate surface area is 184 Å². The van der Waals surface area contributed by atoms with Crippen LogP contribution in [0.5, 0.6) is 5.75 Å². The van der Waals surface area contributed by atoms with E-state index in [1.807, 2.05) is 12.3 Å². The highest BCUT2D eigenvalue weighted by Crippen LogP contribution is 2.21. The van der Waals surface area contributed by atoms with Gasteiger partial charge in [0.25, 0.3) is 5.91 Å². The number of nitrogens with one attached hydrogen (secondary N) is 1. The third-order valence-corrected chi connectivity index (χ3v) is 4.13. The van der Waals surface area contributed by atoms with Gasteiger partial charge in [0.1, 0.15) is 11.4 Å². The van der Waals surface area contributed by atoms with Crippen LogP contribution in [0.1, 0.15) is 36.9 Å². The number of pyridine rings is 1. The first-order chi connectivity index (χ1) is 14.7. The first-order valence-electron chi connectivity index (χ1n) is 9.46. The molecule has 0 atom stereocenters. The summed E-state index contributed by atoms with van der Waals surface area (Å²) in [6.07, 6.45) is 5.18. The minimum absolute atomic E-state index is 0.145. The highest BCUT2D eigenvalue weighted by molar-refractivity contribution is 7.97. The maximum atomic E-state index is 12.5. The maximum absolute atomic E-state index is 12.5. The molecule has 3 aromatic rings. The fourth-order valence-corrected chi connectivity index (χ4v) is 2.81. The molecule has 1 N–H and O–H groups in total. The van der Waals surface area contributed by atoms with Gasteiger partial charge in [-0.2, -0.15) is 0 Å². The van der Waals surface area contributed by atoms with Crippen molar-refractivity contribution in [2.24, 2.45) is 4.40 Å². The number of hydrogen-bond acceptors (Lipinski definition) is 8. The molecule has 1 aromatic carbocycles. The van der Waals surface area contributed by atoms with E-state index in [2.05, 4.69) is 14.7 Å². The topological polar surface area (TPSA) is 103 Å². The Morgan fingerprint density at radius 3 is 2.65 bits per heavy atom. The molecule has 0 saturated heterocycles. The van der Waals surface area contributed by atoms with Gasteiger partial charge >= 0.3 is 5.97 Å². The number of ether oxygens (including phenoxy) is 2. The van der Waals surface area contributed by atoms with Gasteiger partial charge in [0.2, 0.25) is 5.71 Å². The zero-order valence-electron chi connectivity index (χ0n) is 17.7. The Kier molecular flexibility index (Phi) is 6.96. The molecule has 0 unspecified atom stereocenters. The monoisotopic (exact) mass is 441 g/mol. The number of nitrogens with zero attached hydrogens (tertiary/aromatic N) is 2. The smallest absolute Gasteiger partial charge is 0.344 e. The lowest BCUT2D eigenvalue weighted by molar-refractivity contribution is -0.157. The number of benzene rings is 1. The van der Waals surface area contributed by atoms with Gasteiger partial charge in [0.05, 0.1) is 0 Å². The van der Waals surface area contributed by atoms with E-state index in [0.29, 0.717) is 22.5 Å². The molecule has 0 radical (unpaired) electrons. The van der Waals surface area contributed by atoms with E-state index in [-0.39, 0.29) is 12.4 Å². The molecule has 9 heteroatoms. The molecule has 0 aliphatic rings. The SMILES string of the molecule is CSN=Cc1cnc2oc(C(=O)Nc3ccc(OCC(=O)OC(C)(C)C)cc3)cc2c1. The number of fused-ring (bicyclic) bond motifs is 1. The number of furan rings is 1. The predicted octanol–water partition coefficient (Wildman–Crippen LogP) is 4.50. The molecule has 0 aliphatic heterocycles. The molecule has 0 aliphatic carbocycles. The average Bonchev–Trinajstić information content (AvgIpc) is 3.14. The second kappa shape index (κ2) is 9.65. The van der Waals surface area contributed by atoms with E-state index in [9.17, 15) is 9.59 Å². The summed E-state index contributed by atoms with van der Waals surface area (Å²) in [6.45, 7) is 5.18. The van der Waals surface area contributed by atoms with Crippen molar-refractivity contribution in [3.05, 3.63) is 53.9 Å². The van der Waals surface area contributed by atoms with E-state index < -0.39 is 17.5 Å². The molecular weight excluding hydrogens is 418 g/mol. The lowest BCUT2D eigenvalue weighted by Gasteiger charge is -2.19. The Morgan fingerprint density at radius 1 is 1.23 bits per heavy atom. The molecule has 0 saturated carbocycles. The van der Waals surface area contributed by atoms with Crippen LogP contribution in [0.2, 0.25) is 0 Å². The molecule has 0 bridgehead atoms. The van der Waals surface area contributed by atoms with E-state index in [1.54, 1.807) is 63.5 Å². The number of carbonyl (C=O) groups excluding carboxylic acids is 2. The van der Waals surface area contributed by atoms with Crippen molar-refractivity contribution in [2.45, 2.75) is 26.4 Å². The quantitative estimate of drug-likeness (QED) is 0.327. The van der Waals surface area contributed by atoms with E-state index >= 15 is 0 Å². The van der Waals surface area contributed by atoms with Crippen molar-refractivity contribution in [2.75, 3.05) is 18.2 Å². The van der Waals surface area contributed by atoms with Crippen molar-refractivity contribution < 1.29 is 23.5 Å². The number of carbonyl (C=O) groups is 2. The van der Waals surface area contributed by atoms with Gasteiger partial charge in [-0.1, -0.05) is 0 Å². The van der Waals surface area contributed by atoms with Crippen LogP contribution in [0.4, 0.5) is 5.69 Å². The van der Waals surface area contributed by atoms with Crippen molar-refractivity contribution in [1.29, 1.82) is 0 Å². The molecule has 162 valence electrons. The molecule has 8 nitrogen and oxygen atoms in total. The van der Waals surface area contributed by atoms with E-state index in [4.69, 9.17) is 13.9 Å². The minimum Gasteiger partial charge on any atom is -0.482 e. The van der Waals surface area contributed by atoms with Crippen molar-refractivity contribution in [3.8, 4) is 5.75 Å².